The van der Waals surface area contributed by atoms with Gasteiger partial charge in [0.05, 0.1) is 18.4 Å². The molecule has 3 rings (SSSR count). The molecule has 0 saturated heterocycles. The number of benzene rings is 1. The zero-order chi connectivity index (χ0) is 18.0. The number of rotatable bonds is 4. The molecule has 130 valence electrons. The molecule has 0 fully saturated rings. The van der Waals surface area contributed by atoms with E-state index in [1.165, 1.54) is 6.20 Å². The minimum atomic E-state index is -4.58. The van der Waals surface area contributed by atoms with Crippen molar-refractivity contribution in [2.45, 2.75) is 19.6 Å². The molecule has 9 heteroatoms. The average Bonchev–Trinajstić information content (AvgIpc) is 3.16. The topological polar surface area (TPSA) is 75.6 Å². The average molecular weight is 349 g/mol. The van der Waals surface area contributed by atoms with Crippen LogP contribution in [0.2, 0.25) is 0 Å². The van der Waals surface area contributed by atoms with Crippen molar-refractivity contribution >= 4 is 11.6 Å². The highest BCUT2D eigenvalue weighted by Crippen LogP contribution is 2.27. The number of hydrogen-bond donors (Lipinski definition) is 2. The van der Waals surface area contributed by atoms with Crippen LogP contribution in [-0.2, 0) is 12.7 Å². The van der Waals surface area contributed by atoms with Gasteiger partial charge in [0, 0.05) is 12.3 Å². The maximum atomic E-state index is 12.5. The van der Waals surface area contributed by atoms with E-state index in [0.29, 0.717) is 18.3 Å². The second-order valence-corrected chi connectivity index (χ2v) is 5.53. The van der Waals surface area contributed by atoms with Crippen molar-refractivity contribution in [3.63, 3.8) is 0 Å². The number of aromatic amines is 1. The summed E-state index contributed by atoms with van der Waals surface area (Å²) >= 11 is 0. The fourth-order valence-corrected chi connectivity index (χ4v) is 2.29. The molecule has 2 heterocycles. The third kappa shape index (κ3) is 4.06. The molecule has 0 spiro atoms. The maximum absolute atomic E-state index is 12.5. The molecule has 0 aliphatic carbocycles. The van der Waals surface area contributed by atoms with Crippen molar-refractivity contribution in [2.24, 2.45) is 0 Å². The first kappa shape index (κ1) is 16.7. The Morgan fingerprint density at radius 1 is 1.32 bits per heavy atom. The van der Waals surface area contributed by atoms with Crippen LogP contribution in [-0.4, -0.2) is 25.9 Å². The summed E-state index contributed by atoms with van der Waals surface area (Å²) < 4.78 is 39.2. The molecule has 1 aromatic carbocycles. The minimum absolute atomic E-state index is 0.348. The molecule has 0 saturated carbocycles. The van der Waals surface area contributed by atoms with Crippen molar-refractivity contribution in [2.75, 3.05) is 5.32 Å². The fourth-order valence-electron chi connectivity index (χ4n) is 2.29. The van der Waals surface area contributed by atoms with E-state index >= 15 is 0 Å². The van der Waals surface area contributed by atoms with E-state index in [0.717, 1.165) is 11.1 Å². The van der Waals surface area contributed by atoms with Gasteiger partial charge in [-0.3, -0.25) is 14.6 Å². The third-order valence-electron chi connectivity index (χ3n) is 3.43. The molecule has 3 aromatic rings. The first-order valence-electron chi connectivity index (χ1n) is 7.33. The number of amides is 1. The Bertz CT molecular complexity index is 897. The number of H-pyrrole nitrogens is 1. The number of carbonyl (C=O) groups is 1. The third-order valence-corrected chi connectivity index (χ3v) is 3.43. The highest BCUT2D eigenvalue weighted by Gasteiger charge is 2.33. The second kappa shape index (κ2) is 6.42. The van der Waals surface area contributed by atoms with Crippen LogP contribution >= 0.6 is 0 Å². The summed E-state index contributed by atoms with van der Waals surface area (Å²) in [5.74, 6) is -0.748. The first-order chi connectivity index (χ1) is 11.8. The minimum Gasteiger partial charge on any atom is -0.318 e. The Kier molecular flexibility index (Phi) is 4.30. The Morgan fingerprint density at radius 3 is 2.80 bits per heavy atom. The SMILES string of the molecule is Cc1cccc(Cn2cc(NC(=O)c3cc(C(F)(F)F)[nH]n3)cn2)c1. The number of alkyl halides is 3. The maximum Gasteiger partial charge on any atom is 0.432 e. The summed E-state index contributed by atoms with van der Waals surface area (Å²) in [6.07, 6.45) is -1.56. The van der Waals surface area contributed by atoms with E-state index in [1.807, 2.05) is 31.2 Å². The molecule has 2 N–H and O–H groups in total. The number of hydrogen-bond acceptors (Lipinski definition) is 3. The summed E-state index contributed by atoms with van der Waals surface area (Å²) in [4.78, 5) is 12.0. The van der Waals surface area contributed by atoms with Gasteiger partial charge in [0.2, 0.25) is 0 Å². The van der Waals surface area contributed by atoms with Gasteiger partial charge in [-0.2, -0.15) is 23.4 Å². The van der Waals surface area contributed by atoms with Gasteiger partial charge in [0.1, 0.15) is 5.69 Å². The lowest BCUT2D eigenvalue weighted by Crippen LogP contribution is -2.12. The lowest BCUT2D eigenvalue weighted by Gasteiger charge is -2.03. The van der Waals surface area contributed by atoms with Crippen molar-refractivity contribution in [3.05, 3.63) is 65.2 Å². The smallest absolute Gasteiger partial charge is 0.318 e. The number of aryl methyl sites for hydroxylation is 1. The second-order valence-electron chi connectivity index (χ2n) is 5.53. The van der Waals surface area contributed by atoms with Gasteiger partial charge in [0.25, 0.3) is 5.91 Å². The summed E-state index contributed by atoms with van der Waals surface area (Å²) in [5, 5.41) is 11.8. The zero-order valence-electron chi connectivity index (χ0n) is 13.1. The lowest BCUT2D eigenvalue weighted by molar-refractivity contribution is -0.141. The van der Waals surface area contributed by atoms with E-state index in [-0.39, 0.29) is 5.69 Å². The van der Waals surface area contributed by atoms with Gasteiger partial charge >= 0.3 is 6.18 Å². The summed E-state index contributed by atoms with van der Waals surface area (Å²) in [6, 6.07) is 8.55. The van der Waals surface area contributed by atoms with Crippen LogP contribution < -0.4 is 5.32 Å². The van der Waals surface area contributed by atoms with E-state index in [9.17, 15) is 18.0 Å². The lowest BCUT2D eigenvalue weighted by atomic mass is 10.1. The number of nitrogens with zero attached hydrogens (tertiary/aromatic N) is 3. The van der Waals surface area contributed by atoms with Gasteiger partial charge in [-0.05, 0) is 12.5 Å². The predicted octanol–water partition coefficient (Wildman–Crippen LogP) is 3.23. The van der Waals surface area contributed by atoms with Gasteiger partial charge < -0.3 is 5.32 Å². The number of anilines is 1. The Balaban J connectivity index is 1.66. The van der Waals surface area contributed by atoms with Crippen LogP contribution in [0, 0.1) is 6.92 Å². The van der Waals surface area contributed by atoms with Crippen molar-refractivity contribution in [1.29, 1.82) is 0 Å². The molecule has 0 aliphatic heterocycles. The molecule has 0 unspecified atom stereocenters. The Labute approximate surface area is 140 Å². The van der Waals surface area contributed by atoms with Crippen LogP contribution in [0.4, 0.5) is 18.9 Å². The largest absolute Gasteiger partial charge is 0.432 e. The van der Waals surface area contributed by atoms with Crippen LogP contribution in [0.25, 0.3) is 0 Å². The number of halogens is 3. The van der Waals surface area contributed by atoms with Gasteiger partial charge in [-0.15, -0.1) is 0 Å². The summed E-state index contributed by atoms with van der Waals surface area (Å²) in [5.41, 5.74) is 1.11. The van der Waals surface area contributed by atoms with E-state index < -0.39 is 17.8 Å². The highest BCUT2D eigenvalue weighted by atomic mass is 19.4. The number of carbonyl (C=O) groups excluding carboxylic acids is 1. The molecular weight excluding hydrogens is 335 g/mol. The molecular formula is C16H14F3N5O. The molecule has 0 atom stereocenters. The van der Waals surface area contributed by atoms with Gasteiger partial charge in [-0.1, -0.05) is 29.8 Å². The molecule has 0 bridgehead atoms. The molecule has 0 radical (unpaired) electrons. The van der Waals surface area contributed by atoms with Crippen molar-refractivity contribution in [3.8, 4) is 0 Å². The monoisotopic (exact) mass is 349 g/mol. The van der Waals surface area contributed by atoms with Crippen molar-refractivity contribution in [1.82, 2.24) is 20.0 Å². The first-order valence-corrected chi connectivity index (χ1v) is 7.33. The Morgan fingerprint density at radius 2 is 2.12 bits per heavy atom. The van der Waals surface area contributed by atoms with Gasteiger partial charge in [-0.25, -0.2) is 0 Å². The standard InChI is InChI=1S/C16H14F3N5O/c1-10-3-2-4-11(5-10)8-24-9-12(7-20-24)21-15(25)13-6-14(23-22-13)16(17,18)19/h2-7,9H,8H2,1H3,(H,21,25)(H,22,23). The van der Waals surface area contributed by atoms with Crippen LogP contribution in [0.5, 0.6) is 0 Å². The highest BCUT2D eigenvalue weighted by molar-refractivity contribution is 6.02. The van der Waals surface area contributed by atoms with E-state index in [2.05, 4.69) is 15.5 Å². The van der Waals surface area contributed by atoms with E-state index in [4.69, 9.17) is 0 Å². The quantitative estimate of drug-likeness (QED) is 0.759. The van der Waals surface area contributed by atoms with Crippen molar-refractivity contribution < 1.29 is 18.0 Å². The fraction of sp³-hybridized carbons (Fsp3) is 0.188. The molecule has 6 nitrogen and oxygen atoms in total. The Hall–Kier alpha value is -3.10. The number of aromatic nitrogens is 4. The normalized spacial score (nSPS) is 11.5. The molecule has 2 aromatic heterocycles. The molecule has 0 aliphatic rings. The summed E-state index contributed by atoms with van der Waals surface area (Å²) in [6.45, 7) is 2.50. The van der Waals surface area contributed by atoms with Gasteiger partial charge in [0.15, 0.2) is 5.69 Å². The zero-order valence-corrected chi connectivity index (χ0v) is 13.1. The van der Waals surface area contributed by atoms with Crippen LogP contribution in [0.3, 0.4) is 0 Å². The van der Waals surface area contributed by atoms with Crippen LogP contribution in [0.1, 0.15) is 27.3 Å². The molecule has 1 amide bonds. The molecule has 25 heavy (non-hydrogen) atoms. The summed E-state index contributed by atoms with van der Waals surface area (Å²) in [7, 11) is 0. The van der Waals surface area contributed by atoms with Crippen LogP contribution in [0.15, 0.2) is 42.7 Å². The predicted molar refractivity (Wildman–Crippen MR) is 84.1 cm³/mol. The van der Waals surface area contributed by atoms with E-state index in [1.54, 1.807) is 16.0 Å². The number of nitrogens with one attached hydrogen (secondary N) is 2.